The molecule has 1 unspecified atom stereocenters. The lowest BCUT2D eigenvalue weighted by atomic mass is 10.0. The van der Waals surface area contributed by atoms with Gasteiger partial charge in [-0.25, -0.2) is 0 Å². The van der Waals surface area contributed by atoms with Gasteiger partial charge in [-0.1, -0.05) is 56.1 Å². The minimum Gasteiger partial charge on any atom is -0.384 e. The number of pyridine rings is 1. The van der Waals surface area contributed by atoms with Gasteiger partial charge in [0.15, 0.2) is 0 Å². The van der Waals surface area contributed by atoms with Crippen molar-refractivity contribution in [3.8, 4) is 0 Å². The number of aromatic nitrogens is 1. The first-order valence-corrected chi connectivity index (χ1v) is 7.71. The molecular weight excluding hydrogens is 382 g/mol. The topological polar surface area (TPSA) is 33.1 Å². The van der Waals surface area contributed by atoms with Crippen LogP contribution in [0.2, 0.25) is 0 Å². The summed E-state index contributed by atoms with van der Waals surface area (Å²) in [4.78, 5) is 4.32. The van der Waals surface area contributed by atoms with Crippen LogP contribution in [0.25, 0.3) is 10.9 Å². The zero-order valence-electron chi connectivity index (χ0n) is 10.4. The Morgan fingerprint density at radius 1 is 1.00 bits per heavy atom. The lowest BCUT2D eigenvalue weighted by Gasteiger charge is -2.14. The summed E-state index contributed by atoms with van der Waals surface area (Å²) >= 11 is 6.90. The van der Waals surface area contributed by atoms with Gasteiger partial charge in [-0.3, -0.25) is 4.98 Å². The second-order valence-electron chi connectivity index (χ2n) is 4.52. The van der Waals surface area contributed by atoms with E-state index in [2.05, 4.69) is 36.8 Å². The molecule has 1 heterocycles. The fourth-order valence-corrected chi connectivity index (χ4v) is 3.42. The highest BCUT2D eigenvalue weighted by molar-refractivity contribution is 9.11. The number of aliphatic hydroxyl groups excluding tert-OH is 1. The molecule has 0 radical (unpaired) electrons. The van der Waals surface area contributed by atoms with Gasteiger partial charge >= 0.3 is 0 Å². The summed E-state index contributed by atoms with van der Waals surface area (Å²) in [6.07, 6.45) is 1.08. The van der Waals surface area contributed by atoms with Crippen molar-refractivity contribution in [3.63, 3.8) is 0 Å². The van der Waals surface area contributed by atoms with E-state index in [1.165, 1.54) is 0 Å². The molecule has 4 heteroatoms. The number of hydrogen-bond donors (Lipinski definition) is 1. The highest BCUT2D eigenvalue weighted by Gasteiger charge is 2.14. The van der Waals surface area contributed by atoms with Gasteiger partial charge in [-0.15, -0.1) is 0 Å². The van der Waals surface area contributed by atoms with E-state index in [-0.39, 0.29) is 0 Å². The van der Waals surface area contributed by atoms with Gasteiger partial charge in [0.05, 0.1) is 5.52 Å². The molecular formula is C16H11Br2NO. The third-order valence-corrected chi connectivity index (χ3v) is 4.38. The fourth-order valence-electron chi connectivity index (χ4n) is 2.16. The lowest BCUT2D eigenvalue weighted by Crippen LogP contribution is -2.00. The quantitative estimate of drug-likeness (QED) is 0.676. The monoisotopic (exact) mass is 391 g/mol. The summed E-state index contributed by atoms with van der Waals surface area (Å²) < 4.78 is 1.85. The van der Waals surface area contributed by atoms with Crippen molar-refractivity contribution in [3.05, 3.63) is 74.8 Å². The maximum Gasteiger partial charge on any atom is 0.105 e. The van der Waals surface area contributed by atoms with E-state index in [9.17, 15) is 5.11 Å². The van der Waals surface area contributed by atoms with Crippen LogP contribution in [0.4, 0.5) is 0 Å². The summed E-state index contributed by atoms with van der Waals surface area (Å²) in [7, 11) is 0. The van der Waals surface area contributed by atoms with Gasteiger partial charge in [-0.2, -0.15) is 0 Å². The predicted octanol–water partition coefficient (Wildman–Crippen LogP) is 4.84. The molecule has 2 aromatic carbocycles. The Morgan fingerprint density at radius 2 is 1.85 bits per heavy atom. The maximum absolute atomic E-state index is 10.5. The molecule has 0 bridgehead atoms. The number of hydrogen-bond acceptors (Lipinski definition) is 2. The van der Waals surface area contributed by atoms with Crippen molar-refractivity contribution in [2.24, 2.45) is 0 Å². The van der Waals surface area contributed by atoms with Crippen molar-refractivity contribution in [1.29, 1.82) is 0 Å². The molecule has 0 aliphatic rings. The molecule has 1 N–H and O–H groups in total. The van der Waals surface area contributed by atoms with Crippen LogP contribution >= 0.6 is 31.9 Å². The van der Waals surface area contributed by atoms with Crippen molar-refractivity contribution in [1.82, 2.24) is 4.98 Å². The molecule has 0 spiro atoms. The molecule has 100 valence electrons. The molecule has 20 heavy (non-hydrogen) atoms. The summed E-state index contributed by atoms with van der Waals surface area (Å²) in [5.41, 5.74) is 2.56. The summed E-state index contributed by atoms with van der Waals surface area (Å²) in [5.74, 6) is 0. The SMILES string of the molecule is OC(c1ccc2cccnc2c1)c1ccc(Br)cc1Br. The number of halogens is 2. The molecule has 0 saturated carbocycles. The maximum atomic E-state index is 10.5. The Morgan fingerprint density at radius 3 is 2.65 bits per heavy atom. The Labute approximate surface area is 133 Å². The van der Waals surface area contributed by atoms with Crippen LogP contribution < -0.4 is 0 Å². The van der Waals surface area contributed by atoms with Crippen molar-refractivity contribution < 1.29 is 5.11 Å². The Hall–Kier alpha value is -1.23. The van der Waals surface area contributed by atoms with E-state index in [0.717, 1.165) is 31.0 Å². The number of benzene rings is 2. The predicted molar refractivity (Wildman–Crippen MR) is 87.6 cm³/mol. The highest BCUT2D eigenvalue weighted by atomic mass is 79.9. The molecule has 1 aromatic heterocycles. The fraction of sp³-hybridized carbons (Fsp3) is 0.0625. The van der Waals surface area contributed by atoms with Crippen LogP contribution in [0, 0.1) is 0 Å². The van der Waals surface area contributed by atoms with Gasteiger partial charge < -0.3 is 5.11 Å². The Kier molecular flexibility index (Phi) is 3.87. The third kappa shape index (κ3) is 2.64. The zero-order chi connectivity index (χ0) is 14.1. The standard InChI is InChI=1S/C16H11Br2NO/c17-12-5-6-13(14(18)9-12)16(20)11-4-3-10-2-1-7-19-15(10)8-11/h1-9,16,20H. The molecule has 0 aliphatic carbocycles. The van der Waals surface area contributed by atoms with Crippen LogP contribution in [-0.2, 0) is 0 Å². The van der Waals surface area contributed by atoms with E-state index in [1.54, 1.807) is 6.20 Å². The minimum absolute atomic E-state index is 0.677. The van der Waals surface area contributed by atoms with Gasteiger partial charge in [0.25, 0.3) is 0 Å². The summed E-state index contributed by atoms with van der Waals surface area (Å²) in [6, 6.07) is 15.5. The van der Waals surface area contributed by atoms with Crippen LogP contribution in [0.15, 0.2) is 63.7 Å². The van der Waals surface area contributed by atoms with Gasteiger partial charge in [0.2, 0.25) is 0 Å². The van der Waals surface area contributed by atoms with Crippen LogP contribution in [0.3, 0.4) is 0 Å². The average Bonchev–Trinajstić information content (AvgIpc) is 2.46. The first-order valence-electron chi connectivity index (χ1n) is 6.13. The molecule has 0 saturated heterocycles. The number of nitrogens with zero attached hydrogens (tertiary/aromatic N) is 1. The zero-order valence-corrected chi connectivity index (χ0v) is 13.6. The molecule has 3 aromatic rings. The van der Waals surface area contributed by atoms with E-state index >= 15 is 0 Å². The van der Waals surface area contributed by atoms with E-state index in [0.29, 0.717) is 0 Å². The average molecular weight is 393 g/mol. The van der Waals surface area contributed by atoms with Gasteiger partial charge in [0, 0.05) is 20.5 Å². The molecule has 0 amide bonds. The smallest absolute Gasteiger partial charge is 0.105 e. The summed E-state index contributed by atoms with van der Waals surface area (Å²) in [5, 5.41) is 11.6. The molecule has 2 nitrogen and oxygen atoms in total. The first-order chi connectivity index (χ1) is 9.65. The molecule has 3 rings (SSSR count). The van der Waals surface area contributed by atoms with E-state index in [1.807, 2.05) is 48.5 Å². The minimum atomic E-state index is -0.677. The highest BCUT2D eigenvalue weighted by Crippen LogP contribution is 2.31. The van der Waals surface area contributed by atoms with Crippen molar-refractivity contribution in [2.45, 2.75) is 6.10 Å². The van der Waals surface area contributed by atoms with Gasteiger partial charge in [-0.05, 0) is 35.4 Å². The molecule has 0 aliphatic heterocycles. The van der Waals surface area contributed by atoms with Crippen molar-refractivity contribution in [2.75, 3.05) is 0 Å². The largest absolute Gasteiger partial charge is 0.384 e. The van der Waals surface area contributed by atoms with Crippen LogP contribution in [0.1, 0.15) is 17.2 Å². The van der Waals surface area contributed by atoms with Gasteiger partial charge in [0.1, 0.15) is 6.10 Å². The van der Waals surface area contributed by atoms with E-state index < -0.39 is 6.10 Å². The second kappa shape index (κ2) is 5.64. The summed E-state index contributed by atoms with van der Waals surface area (Å²) in [6.45, 7) is 0. The third-order valence-electron chi connectivity index (χ3n) is 3.20. The lowest BCUT2D eigenvalue weighted by molar-refractivity contribution is 0.219. The Bertz CT molecular complexity index is 773. The van der Waals surface area contributed by atoms with Crippen molar-refractivity contribution >= 4 is 42.8 Å². The van der Waals surface area contributed by atoms with E-state index in [4.69, 9.17) is 0 Å². The number of fused-ring (bicyclic) bond motifs is 1. The first kappa shape index (κ1) is 13.7. The Balaban J connectivity index is 2.05. The number of rotatable bonds is 2. The second-order valence-corrected chi connectivity index (χ2v) is 6.29. The number of aliphatic hydroxyl groups is 1. The molecule has 1 atom stereocenters. The van der Waals surface area contributed by atoms with Crippen LogP contribution in [0.5, 0.6) is 0 Å². The normalized spacial score (nSPS) is 12.6. The molecule has 0 fully saturated rings. The van der Waals surface area contributed by atoms with Crippen LogP contribution in [-0.4, -0.2) is 10.1 Å².